The monoisotopic (exact) mass is 514 g/mol. The van der Waals surface area contributed by atoms with Gasteiger partial charge in [-0.05, 0) is 6.42 Å². The molecule has 0 radical (unpaired) electrons. The van der Waals surface area contributed by atoms with Crippen molar-refractivity contribution in [3.8, 4) is 12.3 Å². The fourth-order valence-corrected chi connectivity index (χ4v) is 2.92. The summed E-state index contributed by atoms with van der Waals surface area (Å²) in [5.41, 5.74) is 0.413. The van der Waals surface area contributed by atoms with Crippen LogP contribution in [0, 0.1) is 12.3 Å². The number of ether oxygens (including phenoxy) is 4. The molecule has 0 N–H and O–H groups in total. The second-order valence-corrected chi connectivity index (χ2v) is 7.83. The van der Waals surface area contributed by atoms with Crippen molar-refractivity contribution in [1.29, 1.82) is 0 Å². The lowest BCUT2D eigenvalue weighted by molar-refractivity contribution is -0.187. The summed E-state index contributed by atoms with van der Waals surface area (Å²) in [6.45, 7) is 6.55. The highest BCUT2D eigenvalue weighted by Crippen LogP contribution is 2.21. The molecule has 0 aromatic heterocycles. The van der Waals surface area contributed by atoms with Gasteiger partial charge in [0.25, 0.3) is 5.91 Å². The summed E-state index contributed by atoms with van der Waals surface area (Å²) in [5, 5.41) is 0.519. The number of hydroxylamine groups is 2. The van der Waals surface area contributed by atoms with Gasteiger partial charge in [0.2, 0.25) is 5.91 Å². The van der Waals surface area contributed by atoms with Crippen LogP contribution in [0.15, 0.2) is 12.3 Å². The summed E-state index contributed by atoms with van der Waals surface area (Å²) in [6, 6.07) is 0. The van der Waals surface area contributed by atoms with Crippen LogP contribution in [0.4, 0.5) is 0 Å². The Kier molecular flexibility index (Phi) is 16.5. The summed E-state index contributed by atoms with van der Waals surface area (Å²) in [5.74, 6) is 1.07. The van der Waals surface area contributed by atoms with E-state index in [0.717, 1.165) is 5.06 Å². The molecule has 1 heterocycles. The molecular formula is C23H34N2O9S. The van der Waals surface area contributed by atoms with E-state index in [4.69, 9.17) is 30.2 Å². The van der Waals surface area contributed by atoms with E-state index in [9.17, 15) is 19.2 Å². The van der Waals surface area contributed by atoms with E-state index in [2.05, 4.69) is 25.1 Å². The number of allylic oxidation sites excluding steroid dienone is 1. The van der Waals surface area contributed by atoms with Gasteiger partial charge in [-0.25, -0.2) is 4.79 Å². The average molecular weight is 515 g/mol. The molecule has 1 saturated heterocycles. The molecule has 1 aliphatic heterocycles. The largest absolute Gasteiger partial charge is 0.379 e. The number of carbonyl (C=O) groups excluding carboxylic acids is 4. The third-order valence-corrected chi connectivity index (χ3v) is 4.85. The Balaban J connectivity index is 2.21. The second-order valence-electron chi connectivity index (χ2n) is 7.34. The Morgan fingerprint density at radius 2 is 1.49 bits per heavy atom. The molecule has 1 rings (SSSR count). The zero-order valence-corrected chi connectivity index (χ0v) is 20.8. The van der Waals surface area contributed by atoms with Gasteiger partial charge >= 0.3 is 5.97 Å². The van der Waals surface area contributed by atoms with Gasteiger partial charge in [-0.3, -0.25) is 14.4 Å². The van der Waals surface area contributed by atoms with Gasteiger partial charge < -0.3 is 28.7 Å². The summed E-state index contributed by atoms with van der Waals surface area (Å²) in [6.07, 6.45) is 5.69. The normalized spacial score (nSPS) is 13.1. The van der Waals surface area contributed by atoms with E-state index >= 15 is 0 Å². The Bertz CT molecular complexity index is 738. The average Bonchev–Trinajstić information content (AvgIpc) is 3.13. The lowest BCUT2D eigenvalue weighted by atomic mass is 10.3. The molecule has 1 aliphatic rings. The van der Waals surface area contributed by atoms with E-state index in [1.165, 1.54) is 4.90 Å². The van der Waals surface area contributed by atoms with Crippen molar-refractivity contribution in [2.45, 2.75) is 32.1 Å². The minimum Gasteiger partial charge on any atom is -0.379 e. The van der Waals surface area contributed by atoms with Crippen LogP contribution in [0.5, 0.6) is 0 Å². The quantitative estimate of drug-likeness (QED) is 0.142. The third kappa shape index (κ3) is 14.5. The first-order valence-electron chi connectivity index (χ1n) is 11.3. The first kappa shape index (κ1) is 30.6. The number of hydrogen-bond acceptors (Lipinski definition) is 9. The van der Waals surface area contributed by atoms with Crippen molar-refractivity contribution >= 4 is 35.5 Å². The molecule has 0 bridgehead atoms. The zero-order chi connectivity index (χ0) is 25.9. The first-order chi connectivity index (χ1) is 16.8. The van der Waals surface area contributed by atoms with Crippen molar-refractivity contribution in [3.63, 3.8) is 0 Å². The van der Waals surface area contributed by atoms with Gasteiger partial charge in [-0.2, -0.15) is 0 Å². The number of terminal acetylenes is 1. The second kappa shape index (κ2) is 18.8. The highest BCUT2D eigenvalue weighted by atomic mass is 32.1. The summed E-state index contributed by atoms with van der Waals surface area (Å²) in [7, 11) is 0. The zero-order valence-electron chi connectivity index (χ0n) is 19.9. The SMILES string of the molecule is C#CCOCCOCCOCCOCCC(=O)N(CCC(=O)S)CCC(=O)ON1C(=C)CCC1=O. The van der Waals surface area contributed by atoms with Crippen molar-refractivity contribution in [3.05, 3.63) is 12.3 Å². The number of carbonyl (C=O) groups is 4. The molecule has 12 heteroatoms. The van der Waals surface area contributed by atoms with Crippen LogP contribution < -0.4 is 0 Å². The molecule has 35 heavy (non-hydrogen) atoms. The van der Waals surface area contributed by atoms with Crippen LogP contribution in [0.1, 0.15) is 32.1 Å². The third-order valence-electron chi connectivity index (χ3n) is 4.63. The van der Waals surface area contributed by atoms with Gasteiger partial charge in [-0.15, -0.1) is 24.1 Å². The van der Waals surface area contributed by atoms with Crippen LogP contribution in [-0.2, 0) is 43.0 Å². The highest BCUT2D eigenvalue weighted by Gasteiger charge is 2.28. The number of rotatable bonds is 20. The van der Waals surface area contributed by atoms with E-state index < -0.39 is 5.97 Å². The smallest absolute Gasteiger partial charge is 0.334 e. The van der Waals surface area contributed by atoms with Crippen LogP contribution >= 0.6 is 12.6 Å². The molecule has 0 spiro atoms. The van der Waals surface area contributed by atoms with Gasteiger partial charge in [0.15, 0.2) is 5.12 Å². The van der Waals surface area contributed by atoms with Gasteiger partial charge in [-0.1, -0.05) is 12.5 Å². The van der Waals surface area contributed by atoms with Crippen molar-refractivity contribution in [2.75, 3.05) is 65.9 Å². The number of nitrogens with zero attached hydrogens (tertiary/aromatic N) is 2. The topological polar surface area (TPSA) is 121 Å². The Hall–Kier alpha value is -2.43. The number of hydrogen-bond donors (Lipinski definition) is 1. The molecule has 0 unspecified atom stereocenters. The maximum Gasteiger partial charge on any atom is 0.334 e. The summed E-state index contributed by atoms with van der Waals surface area (Å²) >= 11 is 3.72. The molecule has 196 valence electrons. The fourth-order valence-electron chi connectivity index (χ4n) is 2.82. The first-order valence-corrected chi connectivity index (χ1v) is 11.8. The number of thiol groups is 1. The summed E-state index contributed by atoms with van der Waals surface area (Å²) < 4.78 is 21.1. The van der Waals surface area contributed by atoms with Crippen molar-refractivity contribution in [2.24, 2.45) is 0 Å². The predicted octanol–water partition coefficient (Wildman–Crippen LogP) is 0.736. The van der Waals surface area contributed by atoms with Crippen LogP contribution in [0.2, 0.25) is 0 Å². The summed E-state index contributed by atoms with van der Waals surface area (Å²) in [4.78, 5) is 53.9. The fraction of sp³-hybridized carbons (Fsp3) is 0.652. The standard InChI is InChI=1S/C23H34N2O9S/c1-3-11-30-13-15-32-17-18-33-16-14-31-12-8-20(26)24(10-7-23(29)35)9-6-22(28)34-25-19(2)4-5-21(25)27/h1H,2,4-18H2,(H,29,35). The van der Waals surface area contributed by atoms with Gasteiger partial charge in [0.05, 0.1) is 64.8 Å². The molecular weight excluding hydrogens is 480 g/mol. The lowest BCUT2D eigenvalue weighted by Crippen LogP contribution is -2.36. The van der Waals surface area contributed by atoms with Crippen molar-refractivity contribution < 1.29 is 43.0 Å². The van der Waals surface area contributed by atoms with Gasteiger partial charge in [0.1, 0.15) is 6.61 Å². The lowest BCUT2D eigenvalue weighted by Gasteiger charge is -2.22. The Labute approximate surface area is 211 Å². The molecule has 0 aromatic carbocycles. The minimum absolute atomic E-state index is 0.0319. The maximum atomic E-state index is 12.5. The maximum absolute atomic E-state index is 12.5. The van der Waals surface area contributed by atoms with E-state index in [-0.39, 0.29) is 68.9 Å². The van der Waals surface area contributed by atoms with Crippen molar-refractivity contribution in [1.82, 2.24) is 9.96 Å². The minimum atomic E-state index is -0.672. The Morgan fingerprint density at radius 1 is 0.914 bits per heavy atom. The van der Waals surface area contributed by atoms with E-state index in [0.29, 0.717) is 51.8 Å². The molecule has 0 aromatic rings. The number of amides is 2. The van der Waals surface area contributed by atoms with Gasteiger partial charge in [0, 0.05) is 25.9 Å². The predicted molar refractivity (Wildman–Crippen MR) is 128 cm³/mol. The van der Waals surface area contributed by atoms with E-state index in [1.807, 2.05) is 0 Å². The van der Waals surface area contributed by atoms with Crippen LogP contribution in [-0.4, -0.2) is 98.8 Å². The molecule has 0 atom stereocenters. The molecule has 0 aliphatic carbocycles. The molecule has 1 fully saturated rings. The molecule has 0 saturated carbocycles. The van der Waals surface area contributed by atoms with Crippen LogP contribution in [0.25, 0.3) is 0 Å². The highest BCUT2D eigenvalue weighted by molar-refractivity contribution is 7.96. The van der Waals surface area contributed by atoms with Crippen LogP contribution in [0.3, 0.4) is 0 Å². The molecule has 2 amide bonds. The Morgan fingerprint density at radius 3 is 2.03 bits per heavy atom. The van der Waals surface area contributed by atoms with E-state index in [1.54, 1.807) is 0 Å². The molecule has 11 nitrogen and oxygen atoms in total.